The lowest BCUT2D eigenvalue weighted by Gasteiger charge is -2.38. The Balaban J connectivity index is 1.45. The fourth-order valence-electron chi connectivity index (χ4n) is 4.07. The van der Waals surface area contributed by atoms with E-state index in [4.69, 9.17) is 4.74 Å². The van der Waals surface area contributed by atoms with Crippen molar-refractivity contribution in [2.75, 3.05) is 6.61 Å². The average Bonchev–Trinajstić information content (AvgIpc) is 3.16. The summed E-state index contributed by atoms with van der Waals surface area (Å²) >= 11 is 0. The van der Waals surface area contributed by atoms with Crippen molar-refractivity contribution in [1.82, 2.24) is 14.9 Å². The second-order valence-electron chi connectivity index (χ2n) is 7.69. The normalized spacial score (nSPS) is 19.3. The number of likely N-dealkylation sites (tertiary alicyclic amines) is 1. The van der Waals surface area contributed by atoms with Crippen molar-refractivity contribution in [2.45, 2.75) is 45.2 Å². The summed E-state index contributed by atoms with van der Waals surface area (Å²) in [6, 6.07) is 15.3. The zero-order valence-electron chi connectivity index (χ0n) is 16.7. The Bertz CT molecular complexity index is 1020. The maximum atomic E-state index is 12.6. The van der Waals surface area contributed by atoms with Gasteiger partial charge in [0.05, 0.1) is 16.6 Å². The van der Waals surface area contributed by atoms with Gasteiger partial charge in [0, 0.05) is 17.6 Å². The van der Waals surface area contributed by atoms with Gasteiger partial charge in [0.1, 0.15) is 5.82 Å². The molecule has 3 aromatic rings. The molecule has 1 saturated heterocycles. The van der Waals surface area contributed by atoms with Crippen LogP contribution in [0.4, 0.5) is 0 Å². The van der Waals surface area contributed by atoms with Gasteiger partial charge < -0.3 is 14.6 Å². The average molecular weight is 391 g/mol. The second-order valence-corrected chi connectivity index (χ2v) is 7.69. The van der Waals surface area contributed by atoms with Crippen molar-refractivity contribution in [3.63, 3.8) is 0 Å². The summed E-state index contributed by atoms with van der Waals surface area (Å²) in [6.45, 7) is 3.86. The van der Waals surface area contributed by atoms with E-state index in [1.165, 1.54) is 0 Å². The molecule has 0 radical (unpaired) electrons. The third-order valence-corrected chi connectivity index (χ3v) is 5.57. The van der Waals surface area contributed by atoms with Gasteiger partial charge >= 0.3 is 5.97 Å². The SMILES string of the molecule is C[C@@H]1CCC[C@@H](C)N1C(=O)COC(=O)c1ccc2nc(-c3ccccc3)[nH]c2c1. The van der Waals surface area contributed by atoms with Gasteiger partial charge in [-0.2, -0.15) is 0 Å². The molecule has 29 heavy (non-hydrogen) atoms. The van der Waals surface area contributed by atoms with E-state index < -0.39 is 5.97 Å². The van der Waals surface area contributed by atoms with Gasteiger partial charge in [0.25, 0.3) is 5.91 Å². The predicted molar refractivity (Wildman–Crippen MR) is 111 cm³/mol. The van der Waals surface area contributed by atoms with E-state index >= 15 is 0 Å². The van der Waals surface area contributed by atoms with E-state index in [0.717, 1.165) is 41.7 Å². The highest BCUT2D eigenvalue weighted by Gasteiger charge is 2.29. The molecule has 4 rings (SSSR count). The van der Waals surface area contributed by atoms with Crippen LogP contribution in [-0.2, 0) is 9.53 Å². The first kappa shape index (κ1) is 19.2. The lowest BCUT2D eigenvalue weighted by molar-refractivity contribution is -0.140. The highest BCUT2D eigenvalue weighted by atomic mass is 16.5. The summed E-state index contributed by atoms with van der Waals surface area (Å²) < 4.78 is 5.32. The van der Waals surface area contributed by atoms with Crippen molar-refractivity contribution in [3.8, 4) is 11.4 Å². The lowest BCUT2D eigenvalue weighted by Crippen LogP contribution is -2.49. The van der Waals surface area contributed by atoms with Gasteiger partial charge in [0.2, 0.25) is 0 Å². The van der Waals surface area contributed by atoms with E-state index in [2.05, 4.69) is 9.97 Å². The minimum absolute atomic E-state index is 0.132. The number of nitrogens with one attached hydrogen (secondary N) is 1. The summed E-state index contributed by atoms with van der Waals surface area (Å²) in [4.78, 5) is 34.7. The van der Waals surface area contributed by atoms with E-state index in [9.17, 15) is 9.59 Å². The lowest BCUT2D eigenvalue weighted by atomic mass is 9.97. The molecule has 0 bridgehead atoms. The van der Waals surface area contributed by atoms with Crippen molar-refractivity contribution < 1.29 is 14.3 Å². The first-order valence-electron chi connectivity index (χ1n) is 10.1. The van der Waals surface area contributed by atoms with Crippen molar-refractivity contribution >= 4 is 22.9 Å². The number of rotatable bonds is 4. The summed E-state index contributed by atoms with van der Waals surface area (Å²) in [5.41, 5.74) is 2.90. The minimum atomic E-state index is -0.506. The van der Waals surface area contributed by atoms with Crippen molar-refractivity contribution in [1.29, 1.82) is 0 Å². The molecule has 1 N–H and O–H groups in total. The molecule has 0 aliphatic carbocycles. The maximum absolute atomic E-state index is 12.6. The molecular formula is C23H25N3O3. The van der Waals surface area contributed by atoms with Crippen molar-refractivity contribution in [3.05, 3.63) is 54.1 Å². The van der Waals surface area contributed by atoms with Gasteiger partial charge in [-0.15, -0.1) is 0 Å². The molecule has 1 aromatic heterocycles. The second kappa shape index (κ2) is 8.07. The summed E-state index contributed by atoms with van der Waals surface area (Å²) in [5.74, 6) is 0.106. The highest BCUT2D eigenvalue weighted by Crippen LogP contribution is 2.23. The summed E-state index contributed by atoms with van der Waals surface area (Å²) in [6.07, 6.45) is 3.11. The number of H-pyrrole nitrogens is 1. The van der Waals surface area contributed by atoms with Gasteiger partial charge in [0.15, 0.2) is 6.61 Å². The van der Waals surface area contributed by atoms with Gasteiger partial charge in [-0.05, 0) is 51.3 Å². The fourth-order valence-corrected chi connectivity index (χ4v) is 4.07. The van der Waals surface area contributed by atoms with E-state index in [0.29, 0.717) is 5.56 Å². The van der Waals surface area contributed by atoms with Crippen LogP contribution in [0, 0.1) is 0 Å². The minimum Gasteiger partial charge on any atom is -0.452 e. The molecule has 0 spiro atoms. The molecule has 0 unspecified atom stereocenters. The molecule has 2 atom stereocenters. The van der Waals surface area contributed by atoms with Crippen molar-refractivity contribution in [2.24, 2.45) is 0 Å². The summed E-state index contributed by atoms with van der Waals surface area (Å²) in [7, 11) is 0. The van der Waals surface area contributed by atoms with E-state index in [-0.39, 0.29) is 24.6 Å². The smallest absolute Gasteiger partial charge is 0.338 e. The van der Waals surface area contributed by atoms with Gasteiger partial charge in [-0.25, -0.2) is 9.78 Å². The largest absolute Gasteiger partial charge is 0.452 e. The molecule has 1 amide bonds. The highest BCUT2D eigenvalue weighted by molar-refractivity contribution is 5.95. The van der Waals surface area contributed by atoms with Crippen LogP contribution >= 0.6 is 0 Å². The first-order chi connectivity index (χ1) is 14.0. The standard InChI is InChI=1S/C23H25N3O3/c1-15-7-6-8-16(2)26(15)21(27)14-29-23(28)18-11-12-19-20(13-18)25-22(24-19)17-9-4-3-5-10-17/h3-5,9-13,15-16H,6-8,14H2,1-2H3,(H,24,25)/t15-,16-/m1/s1. The number of nitrogens with zero attached hydrogens (tertiary/aromatic N) is 2. The number of benzene rings is 2. The zero-order chi connectivity index (χ0) is 20.4. The first-order valence-corrected chi connectivity index (χ1v) is 10.1. The number of carbonyl (C=O) groups excluding carboxylic acids is 2. The van der Waals surface area contributed by atoms with E-state index in [1.54, 1.807) is 18.2 Å². The molecule has 2 aromatic carbocycles. The number of carbonyl (C=O) groups is 2. The topological polar surface area (TPSA) is 75.3 Å². The Morgan fingerprint density at radius 2 is 1.83 bits per heavy atom. The zero-order valence-corrected chi connectivity index (χ0v) is 16.7. The Morgan fingerprint density at radius 3 is 2.55 bits per heavy atom. The van der Waals surface area contributed by atoms with Gasteiger partial charge in [-0.1, -0.05) is 30.3 Å². The number of amides is 1. The van der Waals surface area contributed by atoms with Crippen LogP contribution < -0.4 is 0 Å². The number of piperidine rings is 1. The molecule has 2 heterocycles. The molecule has 1 aliphatic heterocycles. The number of aromatic nitrogens is 2. The number of aromatic amines is 1. The quantitative estimate of drug-likeness (QED) is 0.677. The third-order valence-electron chi connectivity index (χ3n) is 5.57. The number of hydrogen-bond donors (Lipinski definition) is 1. The fraction of sp³-hybridized carbons (Fsp3) is 0.348. The molecule has 150 valence electrons. The number of esters is 1. The molecular weight excluding hydrogens is 366 g/mol. The monoisotopic (exact) mass is 391 g/mol. The number of ether oxygens (including phenoxy) is 1. The van der Waals surface area contributed by atoms with E-state index in [1.807, 2.05) is 49.1 Å². The Morgan fingerprint density at radius 1 is 1.10 bits per heavy atom. The number of fused-ring (bicyclic) bond motifs is 1. The van der Waals surface area contributed by atoms with Crippen LogP contribution in [0.25, 0.3) is 22.4 Å². The summed E-state index contributed by atoms with van der Waals surface area (Å²) in [5, 5.41) is 0. The molecule has 0 saturated carbocycles. The third kappa shape index (κ3) is 4.01. The molecule has 1 fully saturated rings. The molecule has 6 nitrogen and oxygen atoms in total. The van der Waals surface area contributed by atoms with Crippen LogP contribution in [0.3, 0.4) is 0 Å². The van der Waals surface area contributed by atoms with Gasteiger partial charge in [-0.3, -0.25) is 4.79 Å². The van der Waals surface area contributed by atoms with Crippen LogP contribution in [0.2, 0.25) is 0 Å². The van der Waals surface area contributed by atoms with Crippen LogP contribution in [-0.4, -0.2) is 45.4 Å². The Hall–Kier alpha value is -3.15. The number of imidazole rings is 1. The van der Waals surface area contributed by atoms with Crippen LogP contribution in [0.1, 0.15) is 43.5 Å². The van der Waals surface area contributed by atoms with Crippen LogP contribution in [0.5, 0.6) is 0 Å². The Labute approximate surface area is 169 Å². The molecule has 1 aliphatic rings. The Kier molecular flexibility index (Phi) is 5.34. The predicted octanol–water partition coefficient (Wildman–Crippen LogP) is 4.18. The molecule has 6 heteroatoms. The number of hydrogen-bond acceptors (Lipinski definition) is 4. The van der Waals surface area contributed by atoms with Crippen LogP contribution in [0.15, 0.2) is 48.5 Å². The maximum Gasteiger partial charge on any atom is 0.338 e.